The van der Waals surface area contributed by atoms with Gasteiger partial charge in [-0.1, -0.05) is 6.08 Å². The summed E-state index contributed by atoms with van der Waals surface area (Å²) in [5, 5.41) is 3.40. The van der Waals surface area contributed by atoms with Crippen molar-refractivity contribution < 1.29 is 13.9 Å². The van der Waals surface area contributed by atoms with E-state index in [-0.39, 0.29) is 17.8 Å². The maximum atomic E-state index is 13.0. The Kier molecular flexibility index (Phi) is 10.2. The number of unbranched alkanes of at least 4 members (excludes halogenated alkanes) is 2. The van der Waals surface area contributed by atoms with Gasteiger partial charge in [0.05, 0.1) is 6.10 Å². The summed E-state index contributed by atoms with van der Waals surface area (Å²) in [4.78, 5) is 14.4. The molecule has 1 fully saturated rings. The highest BCUT2D eigenvalue weighted by atomic mass is 19.1. The lowest BCUT2D eigenvalue weighted by molar-refractivity contribution is 0.00914. The van der Waals surface area contributed by atoms with Crippen LogP contribution in [0.4, 0.5) is 4.39 Å². The number of hydrogen-bond donors (Lipinski definition) is 1. The molecule has 28 heavy (non-hydrogen) atoms. The number of nitrogens with one attached hydrogen (secondary N) is 1. The molecule has 1 N–H and O–H groups in total. The van der Waals surface area contributed by atoms with Crippen molar-refractivity contribution >= 4 is 5.91 Å². The van der Waals surface area contributed by atoms with Gasteiger partial charge in [-0.3, -0.25) is 4.79 Å². The topological polar surface area (TPSA) is 41.6 Å². The summed E-state index contributed by atoms with van der Waals surface area (Å²) in [6.07, 6.45) is 10.7. The van der Waals surface area contributed by atoms with Gasteiger partial charge in [0, 0.05) is 25.3 Å². The van der Waals surface area contributed by atoms with Crippen molar-refractivity contribution in [3.8, 4) is 0 Å². The fraction of sp³-hybridized carbons (Fsp3) is 0.609. The lowest BCUT2D eigenvalue weighted by atomic mass is 9.91. The summed E-state index contributed by atoms with van der Waals surface area (Å²) in [5.41, 5.74) is 0.543. The molecule has 1 aromatic carbocycles. The van der Waals surface area contributed by atoms with E-state index in [1.54, 1.807) is 12.1 Å². The number of amides is 1. The molecule has 5 heteroatoms. The average Bonchev–Trinajstić information content (AvgIpc) is 2.72. The predicted octanol–water partition coefficient (Wildman–Crippen LogP) is 4.56. The van der Waals surface area contributed by atoms with Crippen LogP contribution >= 0.6 is 0 Å². The largest absolute Gasteiger partial charge is 0.378 e. The molecule has 0 heterocycles. The normalized spacial score (nSPS) is 19.4. The summed E-state index contributed by atoms with van der Waals surface area (Å²) in [6, 6.07) is 6.02. The molecule has 0 saturated heterocycles. The summed E-state index contributed by atoms with van der Waals surface area (Å²) in [6.45, 7) is 6.62. The SMILES string of the molecule is C=CCCNCCCCCO[C@H]1CC[C@H](N(C)C(=O)c2ccc(F)cc2)CC1. The zero-order valence-electron chi connectivity index (χ0n) is 17.2. The van der Waals surface area contributed by atoms with Crippen LogP contribution in [-0.4, -0.2) is 49.7 Å². The van der Waals surface area contributed by atoms with Crippen molar-refractivity contribution in [3.05, 3.63) is 48.3 Å². The van der Waals surface area contributed by atoms with Gasteiger partial charge < -0.3 is 15.0 Å². The van der Waals surface area contributed by atoms with Crippen LogP contribution in [0.3, 0.4) is 0 Å². The minimum Gasteiger partial charge on any atom is -0.378 e. The van der Waals surface area contributed by atoms with E-state index in [0.29, 0.717) is 11.7 Å². The van der Waals surface area contributed by atoms with Crippen molar-refractivity contribution in [2.75, 3.05) is 26.7 Å². The molecule has 0 bridgehead atoms. The second-order valence-electron chi connectivity index (χ2n) is 7.61. The third-order valence-electron chi connectivity index (χ3n) is 5.48. The molecule has 0 atom stereocenters. The van der Waals surface area contributed by atoms with Crippen LogP contribution in [0.2, 0.25) is 0 Å². The molecule has 0 aromatic heterocycles. The lowest BCUT2D eigenvalue weighted by Gasteiger charge is -2.34. The molecule has 1 aliphatic rings. The van der Waals surface area contributed by atoms with Gasteiger partial charge in [0.15, 0.2) is 0 Å². The summed E-state index contributed by atoms with van der Waals surface area (Å²) < 4.78 is 19.1. The first-order chi connectivity index (χ1) is 13.6. The molecule has 0 radical (unpaired) electrons. The molecule has 0 spiro atoms. The number of hydrogen-bond acceptors (Lipinski definition) is 3. The Morgan fingerprint density at radius 2 is 1.89 bits per heavy atom. The minimum absolute atomic E-state index is 0.0360. The van der Waals surface area contributed by atoms with Gasteiger partial charge in [-0.2, -0.15) is 0 Å². The van der Waals surface area contributed by atoms with Crippen molar-refractivity contribution in [2.24, 2.45) is 0 Å². The van der Waals surface area contributed by atoms with E-state index in [2.05, 4.69) is 11.9 Å². The Morgan fingerprint density at radius 3 is 2.57 bits per heavy atom. The van der Waals surface area contributed by atoms with Gasteiger partial charge in [-0.15, -0.1) is 6.58 Å². The second kappa shape index (κ2) is 12.7. The van der Waals surface area contributed by atoms with E-state index in [1.165, 1.54) is 25.0 Å². The highest BCUT2D eigenvalue weighted by molar-refractivity contribution is 5.94. The van der Waals surface area contributed by atoms with Crippen LogP contribution < -0.4 is 5.32 Å². The van der Waals surface area contributed by atoms with Crippen LogP contribution in [0.15, 0.2) is 36.9 Å². The van der Waals surface area contributed by atoms with E-state index < -0.39 is 0 Å². The molecule has 4 nitrogen and oxygen atoms in total. The summed E-state index contributed by atoms with van der Waals surface area (Å²) >= 11 is 0. The molecule has 1 aromatic rings. The Balaban J connectivity index is 1.57. The fourth-order valence-corrected chi connectivity index (χ4v) is 3.67. The van der Waals surface area contributed by atoms with Crippen molar-refractivity contribution in [1.82, 2.24) is 10.2 Å². The molecular weight excluding hydrogens is 355 g/mol. The van der Waals surface area contributed by atoms with E-state index in [0.717, 1.165) is 58.2 Å². The third kappa shape index (κ3) is 7.72. The van der Waals surface area contributed by atoms with Gasteiger partial charge >= 0.3 is 0 Å². The van der Waals surface area contributed by atoms with Gasteiger partial charge in [-0.05, 0) is 88.7 Å². The number of carbonyl (C=O) groups is 1. The Bertz CT molecular complexity index is 583. The average molecular weight is 391 g/mol. The molecule has 2 rings (SSSR count). The van der Waals surface area contributed by atoms with E-state index in [4.69, 9.17) is 4.74 Å². The predicted molar refractivity (Wildman–Crippen MR) is 112 cm³/mol. The standard InChI is InChI=1S/C23H35FN2O2/c1-3-4-16-25-17-6-5-7-18-28-22-14-12-21(13-15-22)26(2)23(27)19-8-10-20(24)11-9-19/h3,8-11,21-22,25H,1,4-7,12-18H2,2H3/t21-,22-. The molecule has 156 valence electrons. The fourth-order valence-electron chi connectivity index (χ4n) is 3.67. The van der Waals surface area contributed by atoms with Crippen LogP contribution in [-0.2, 0) is 4.74 Å². The quantitative estimate of drug-likeness (QED) is 0.420. The smallest absolute Gasteiger partial charge is 0.253 e. The first-order valence-electron chi connectivity index (χ1n) is 10.6. The molecule has 1 saturated carbocycles. The van der Waals surface area contributed by atoms with Crippen LogP contribution in [0.1, 0.15) is 61.7 Å². The number of benzene rings is 1. The highest BCUT2D eigenvalue weighted by Gasteiger charge is 2.27. The minimum atomic E-state index is -0.319. The van der Waals surface area contributed by atoms with Gasteiger partial charge in [0.2, 0.25) is 0 Å². The van der Waals surface area contributed by atoms with E-state index in [1.807, 2.05) is 18.0 Å². The van der Waals surface area contributed by atoms with Gasteiger partial charge in [-0.25, -0.2) is 4.39 Å². The van der Waals surface area contributed by atoms with Gasteiger partial charge in [0.1, 0.15) is 5.82 Å². The maximum Gasteiger partial charge on any atom is 0.253 e. The van der Waals surface area contributed by atoms with Crippen molar-refractivity contribution in [2.45, 2.75) is 63.5 Å². The first-order valence-corrected chi connectivity index (χ1v) is 10.6. The number of nitrogens with zero attached hydrogens (tertiary/aromatic N) is 1. The van der Waals surface area contributed by atoms with Gasteiger partial charge in [0.25, 0.3) is 5.91 Å². The summed E-state index contributed by atoms with van der Waals surface area (Å²) in [5.74, 6) is -0.355. The van der Waals surface area contributed by atoms with Crippen LogP contribution in [0, 0.1) is 5.82 Å². The summed E-state index contributed by atoms with van der Waals surface area (Å²) in [7, 11) is 1.85. The molecule has 1 amide bonds. The molecule has 0 unspecified atom stereocenters. The maximum absolute atomic E-state index is 13.0. The zero-order chi connectivity index (χ0) is 20.2. The number of carbonyl (C=O) groups excluding carboxylic acids is 1. The Morgan fingerprint density at radius 1 is 1.18 bits per heavy atom. The molecular formula is C23H35FN2O2. The zero-order valence-corrected chi connectivity index (χ0v) is 17.2. The second-order valence-corrected chi connectivity index (χ2v) is 7.61. The number of rotatable bonds is 12. The first kappa shape index (κ1) is 22.6. The molecule has 1 aliphatic carbocycles. The van der Waals surface area contributed by atoms with Crippen molar-refractivity contribution in [3.63, 3.8) is 0 Å². The number of halogens is 1. The lowest BCUT2D eigenvalue weighted by Crippen LogP contribution is -2.40. The third-order valence-corrected chi connectivity index (χ3v) is 5.48. The van der Waals surface area contributed by atoms with Crippen LogP contribution in [0.5, 0.6) is 0 Å². The number of ether oxygens (including phenoxy) is 1. The monoisotopic (exact) mass is 390 g/mol. The Hall–Kier alpha value is -1.72. The Labute approximate surface area is 169 Å². The molecule has 0 aliphatic heterocycles. The van der Waals surface area contributed by atoms with E-state index >= 15 is 0 Å². The van der Waals surface area contributed by atoms with Crippen LogP contribution in [0.25, 0.3) is 0 Å². The van der Waals surface area contributed by atoms with E-state index in [9.17, 15) is 9.18 Å². The van der Waals surface area contributed by atoms with Crippen molar-refractivity contribution in [1.29, 1.82) is 0 Å². The highest BCUT2D eigenvalue weighted by Crippen LogP contribution is 2.25.